The summed E-state index contributed by atoms with van der Waals surface area (Å²) >= 11 is 6.02. The molecule has 0 unspecified atom stereocenters. The number of aliphatic hydroxyl groups excluding tert-OH is 1. The predicted molar refractivity (Wildman–Crippen MR) is 84.1 cm³/mol. The van der Waals surface area contributed by atoms with Crippen molar-refractivity contribution >= 4 is 27.3 Å². The van der Waals surface area contributed by atoms with Gasteiger partial charge in [-0.2, -0.15) is 0 Å². The van der Waals surface area contributed by atoms with Crippen LogP contribution in [0.25, 0.3) is 0 Å². The Morgan fingerprint density at radius 1 is 1.19 bits per heavy atom. The molecule has 0 saturated heterocycles. The number of aryl methyl sites for hydroxylation is 1. The number of rotatable bonds is 4. The monoisotopic (exact) mass is 325 g/mol. The Kier molecular flexibility index (Phi) is 4.56. The number of benzene rings is 2. The van der Waals surface area contributed by atoms with Gasteiger partial charge >= 0.3 is 0 Å². The topological polar surface area (TPSA) is 66.4 Å². The van der Waals surface area contributed by atoms with Crippen molar-refractivity contribution < 1.29 is 13.5 Å². The number of hydrogen-bond donors (Lipinski definition) is 2. The van der Waals surface area contributed by atoms with Crippen LogP contribution in [0.15, 0.2) is 41.3 Å². The Bertz CT molecular complexity index is 772. The van der Waals surface area contributed by atoms with Gasteiger partial charge in [0.2, 0.25) is 0 Å². The number of aliphatic hydroxyl groups is 1. The normalized spacial score (nSPS) is 11.4. The van der Waals surface area contributed by atoms with Crippen molar-refractivity contribution in [1.82, 2.24) is 0 Å². The summed E-state index contributed by atoms with van der Waals surface area (Å²) in [5, 5.41) is 9.58. The lowest BCUT2D eigenvalue weighted by Crippen LogP contribution is -2.15. The molecule has 4 nitrogen and oxygen atoms in total. The van der Waals surface area contributed by atoms with E-state index in [1.54, 1.807) is 37.3 Å². The van der Waals surface area contributed by atoms with Crippen LogP contribution in [0.4, 0.5) is 5.69 Å². The second kappa shape index (κ2) is 6.05. The molecule has 0 spiro atoms. The third-order valence-electron chi connectivity index (χ3n) is 3.22. The highest BCUT2D eigenvalue weighted by Crippen LogP contribution is 2.27. The minimum Gasteiger partial charge on any atom is -0.392 e. The van der Waals surface area contributed by atoms with Gasteiger partial charge in [-0.3, -0.25) is 4.72 Å². The Morgan fingerprint density at radius 3 is 2.57 bits per heavy atom. The van der Waals surface area contributed by atoms with Crippen LogP contribution in [0.3, 0.4) is 0 Å². The maximum atomic E-state index is 12.5. The molecule has 0 saturated carbocycles. The van der Waals surface area contributed by atoms with Gasteiger partial charge in [-0.1, -0.05) is 29.8 Å². The first kappa shape index (κ1) is 15.8. The molecule has 2 N–H and O–H groups in total. The van der Waals surface area contributed by atoms with E-state index in [0.29, 0.717) is 21.8 Å². The summed E-state index contributed by atoms with van der Waals surface area (Å²) in [5.74, 6) is 0. The minimum atomic E-state index is -3.76. The van der Waals surface area contributed by atoms with Gasteiger partial charge in [0, 0.05) is 0 Å². The van der Waals surface area contributed by atoms with Crippen LogP contribution < -0.4 is 4.72 Å². The maximum Gasteiger partial charge on any atom is 0.262 e. The number of sulfonamides is 1. The third kappa shape index (κ3) is 3.37. The summed E-state index contributed by atoms with van der Waals surface area (Å²) in [6.07, 6.45) is 0. The van der Waals surface area contributed by atoms with Gasteiger partial charge in [0.1, 0.15) is 0 Å². The number of anilines is 1. The summed E-state index contributed by atoms with van der Waals surface area (Å²) in [6, 6.07) is 9.91. The van der Waals surface area contributed by atoms with Gasteiger partial charge in [-0.15, -0.1) is 0 Å². The first-order valence-corrected chi connectivity index (χ1v) is 8.19. The Morgan fingerprint density at radius 2 is 1.90 bits per heavy atom. The number of halogens is 1. The van der Waals surface area contributed by atoms with Crippen LogP contribution in [-0.2, 0) is 16.6 Å². The molecule has 2 rings (SSSR count). The van der Waals surface area contributed by atoms with Gasteiger partial charge in [0.25, 0.3) is 10.0 Å². The smallest absolute Gasteiger partial charge is 0.262 e. The molecule has 0 aliphatic heterocycles. The third-order valence-corrected chi connectivity index (χ3v) is 5.06. The van der Waals surface area contributed by atoms with Crippen molar-refractivity contribution in [3.8, 4) is 0 Å². The summed E-state index contributed by atoms with van der Waals surface area (Å²) in [5.41, 5.74) is 2.34. The van der Waals surface area contributed by atoms with Crippen molar-refractivity contribution in [3.05, 3.63) is 58.1 Å². The summed E-state index contributed by atoms with van der Waals surface area (Å²) in [6.45, 7) is 3.31. The van der Waals surface area contributed by atoms with Crippen LogP contribution in [0.1, 0.15) is 16.7 Å². The van der Waals surface area contributed by atoms with Gasteiger partial charge < -0.3 is 5.11 Å². The van der Waals surface area contributed by atoms with E-state index >= 15 is 0 Å². The summed E-state index contributed by atoms with van der Waals surface area (Å²) < 4.78 is 27.5. The second-order valence-electron chi connectivity index (χ2n) is 4.79. The van der Waals surface area contributed by atoms with Gasteiger partial charge in [0.15, 0.2) is 0 Å². The predicted octanol–water partition coefficient (Wildman–Crippen LogP) is 3.25. The molecule has 6 heteroatoms. The second-order valence-corrected chi connectivity index (χ2v) is 6.85. The van der Waals surface area contributed by atoms with E-state index in [0.717, 1.165) is 5.56 Å². The van der Waals surface area contributed by atoms with E-state index in [1.807, 2.05) is 6.92 Å². The van der Waals surface area contributed by atoms with Crippen molar-refractivity contribution in [2.45, 2.75) is 25.3 Å². The largest absolute Gasteiger partial charge is 0.392 e. The van der Waals surface area contributed by atoms with Crippen LogP contribution in [0.2, 0.25) is 5.02 Å². The molecular formula is C15H16ClNO3S. The van der Waals surface area contributed by atoms with Crippen molar-refractivity contribution in [2.75, 3.05) is 4.72 Å². The lowest BCUT2D eigenvalue weighted by atomic mass is 10.1. The SMILES string of the molecule is Cc1ccc(Cl)c(NS(=O)(=O)c2cccc(CO)c2C)c1. The molecule has 0 aliphatic rings. The molecule has 21 heavy (non-hydrogen) atoms. The standard InChI is InChI=1S/C15H16ClNO3S/c1-10-6-7-13(16)14(8-10)17-21(19,20)15-5-3-4-12(9-18)11(15)2/h3-8,17-18H,9H2,1-2H3. The average molecular weight is 326 g/mol. The van der Waals surface area contributed by atoms with Crippen LogP contribution in [-0.4, -0.2) is 13.5 Å². The van der Waals surface area contributed by atoms with Crippen LogP contribution >= 0.6 is 11.6 Å². The van der Waals surface area contributed by atoms with E-state index in [2.05, 4.69) is 4.72 Å². The fourth-order valence-electron chi connectivity index (χ4n) is 2.04. The van der Waals surface area contributed by atoms with Gasteiger partial charge in [-0.05, 0) is 48.7 Å². The molecule has 112 valence electrons. The minimum absolute atomic E-state index is 0.131. The molecule has 0 amide bonds. The fourth-order valence-corrected chi connectivity index (χ4v) is 3.62. The van der Waals surface area contributed by atoms with E-state index in [1.165, 1.54) is 6.07 Å². The van der Waals surface area contributed by atoms with Crippen molar-refractivity contribution in [1.29, 1.82) is 0 Å². The highest BCUT2D eigenvalue weighted by molar-refractivity contribution is 7.92. The zero-order chi connectivity index (χ0) is 15.6. The van der Waals surface area contributed by atoms with Crippen LogP contribution in [0, 0.1) is 13.8 Å². The molecule has 0 radical (unpaired) electrons. The summed E-state index contributed by atoms with van der Waals surface area (Å²) in [7, 11) is -3.76. The molecule has 0 bridgehead atoms. The Labute approximate surface area is 129 Å². The van der Waals surface area contributed by atoms with E-state index in [9.17, 15) is 13.5 Å². The molecule has 0 aromatic heterocycles. The van der Waals surface area contributed by atoms with E-state index in [-0.39, 0.29) is 11.5 Å². The van der Waals surface area contributed by atoms with Gasteiger partial charge in [0.05, 0.1) is 22.2 Å². The quantitative estimate of drug-likeness (QED) is 0.906. The lowest BCUT2D eigenvalue weighted by molar-refractivity contribution is 0.280. The van der Waals surface area contributed by atoms with E-state index in [4.69, 9.17) is 11.6 Å². The zero-order valence-electron chi connectivity index (χ0n) is 11.7. The molecule has 2 aromatic carbocycles. The highest BCUT2D eigenvalue weighted by Gasteiger charge is 2.19. The Hall–Kier alpha value is -1.56. The highest BCUT2D eigenvalue weighted by atomic mass is 35.5. The molecule has 0 aliphatic carbocycles. The molecule has 0 fully saturated rings. The Balaban J connectivity index is 2.46. The lowest BCUT2D eigenvalue weighted by Gasteiger charge is -2.13. The molecule has 0 atom stereocenters. The van der Waals surface area contributed by atoms with E-state index < -0.39 is 10.0 Å². The molecular weight excluding hydrogens is 310 g/mol. The first-order chi connectivity index (χ1) is 9.85. The maximum absolute atomic E-state index is 12.5. The molecule has 0 heterocycles. The number of hydrogen-bond acceptors (Lipinski definition) is 3. The van der Waals surface area contributed by atoms with Gasteiger partial charge in [-0.25, -0.2) is 8.42 Å². The number of nitrogens with one attached hydrogen (secondary N) is 1. The summed E-state index contributed by atoms with van der Waals surface area (Å²) in [4.78, 5) is 0.131. The van der Waals surface area contributed by atoms with Crippen molar-refractivity contribution in [3.63, 3.8) is 0 Å². The van der Waals surface area contributed by atoms with Crippen molar-refractivity contribution in [2.24, 2.45) is 0 Å². The zero-order valence-corrected chi connectivity index (χ0v) is 13.3. The first-order valence-electron chi connectivity index (χ1n) is 6.33. The molecule has 2 aromatic rings. The van der Waals surface area contributed by atoms with Crippen LogP contribution in [0.5, 0.6) is 0 Å². The average Bonchev–Trinajstić information content (AvgIpc) is 2.42. The fraction of sp³-hybridized carbons (Fsp3) is 0.200.